The Morgan fingerprint density at radius 2 is 2.10 bits per heavy atom. The normalized spacial score (nSPS) is 22.4. The summed E-state index contributed by atoms with van der Waals surface area (Å²) >= 11 is 1.63. The lowest BCUT2D eigenvalue weighted by molar-refractivity contribution is 0.327. The summed E-state index contributed by atoms with van der Waals surface area (Å²) in [5.74, 6) is 0.532. The van der Waals surface area contributed by atoms with Crippen molar-refractivity contribution in [3.8, 4) is 17.0 Å². The second kappa shape index (κ2) is 6.90. The first kappa shape index (κ1) is 18.7. The molecular formula is C21H21N3O3S2. The Hall–Kier alpha value is -2.29. The van der Waals surface area contributed by atoms with Crippen LogP contribution in [0, 0.1) is 6.92 Å². The number of fused-ring (bicyclic) bond motifs is 3. The first-order valence-corrected chi connectivity index (χ1v) is 11.9. The summed E-state index contributed by atoms with van der Waals surface area (Å²) in [6.45, 7) is 4.05. The Bertz CT molecular complexity index is 1190. The zero-order valence-corrected chi connectivity index (χ0v) is 17.8. The largest absolute Gasteiger partial charge is 0.481 e. The van der Waals surface area contributed by atoms with Crippen LogP contribution in [0.4, 0.5) is 0 Å². The molecule has 4 heterocycles. The second-order valence-electron chi connectivity index (χ2n) is 7.56. The summed E-state index contributed by atoms with van der Waals surface area (Å²) in [7, 11) is -1.73. The molecule has 0 N–H and O–H groups in total. The van der Waals surface area contributed by atoms with Gasteiger partial charge in [-0.15, -0.1) is 11.3 Å². The molecule has 150 valence electrons. The van der Waals surface area contributed by atoms with Crippen LogP contribution >= 0.6 is 11.3 Å². The average Bonchev–Trinajstić information content (AvgIpc) is 3.39. The van der Waals surface area contributed by atoms with Crippen molar-refractivity contribution >= 4 is 21.2 Å². The molecule has 2 aromatic heterocycles. The molecule has 2 aliphatic rings. The SMILES string of the molecule is COc1ncccc1-c1ccc2c(c1)[C@H]1CN(Cc3scnc3C)C[C@@H]1S2(=O)=O. The molecule has 1 saturated heterocycles. The number of ether oxygens (including phenoxy) is 1. The molecular weight excluding hydrogens is 406 g/mol. The van der Waals surface area contributed by atoms with E-state index in [1.165, 1.54) is 4.88 Å². The highest BCUT2D eigenvalue weighted by atomic mass is 32.2. The van der Waals surface area contributed by atoms with Crippen LogP contribution in [0.2, 0.25) is 0 Å². The van der Waals surface area contributed by atoms with Crippen molar-refractivity contribution in [1.29, 1.82) is 0 Å². The second-order valence-corrected chi connectivity index (χ2v) is 10.6. The fourth-order valence-electron chi connectivity index (χ4n) is 4.48. The molecule has 1 aromatic carbocycles. The van der Waals surface area contributed by atoms with Crippen molar-refractivity contribution in [2.45, 2.75) is 29.5 Å². The lowest BCUT2D eigenvalue weighted by atomic mass is 9.95. The van der Waals surface area contributed by atoms with E-state index in [0.29, 0.717) is 17.3 Å². The maximum absolute atomic E-state index is 13.2. The number of sulfone groups is 1. The van der Waals surface area contributed by atoms with Gasteiger partial charge in [0.2, 0.25) is 5.88 Å². The molecule has 0 spiro atoms. The topological polar surface area (TPSA) is 72.4 Å². The summed E-state index contributed by atoms with van der Waals surface area (Å²) in [5, 5.41) is -0.378. The molecule has 0 aliphatic carbocycles. The zero-order chi connectivity index (χ0) is 20.2. The molecule has 8 heteroatoms. The van der Waals surface area contributed by atoms with Crippen LogP contribution in [0.1, 0.15) is 22.1 Å². The van der Waals surface area contributed by atoms with E-state index in [0.717, 1.165) is 35.5 Å². The maximum Gasteiger partial charge on any atom is 0.221 e. The monoisotopic (exact) mass is 427 g/mol. The molecule has 6 nitrogen and oxygen atoms in total. The first-order valence-electron chi connectivity index (χ1n) is 9.47. The smallest absolute Gasteiger partial charge is 0.221 e. The highest BCUT2D eigenvalue weighted by molar-refractivity contribution is 7.92. The fraction of sp³-hybridized carbons (Fsp3) is 0.333. The third-order valence-corrected chi connectivity index (χ3v) is 9.12. The van der Waals surface area contributed by atoms with Crippen LogP contribution in [0.15, 0.2) is 46.9 Å². The van der Waals surface area contributed by atoms with E-state index in [4.69, 9.17) is 4.74 Å². The van der Waals surface area contributed by atoms with Gasteiger partial charge < -0.3 is 4.74 Å². The molecule has 0 amide bonds. The van der Waals surface area contributed by atoms with Gasteiger partial charge in [0.1, 0.15) is 0 Å². The number of pyridine rings is 1. The van der Waals surface area contributed by atoms with Gasteiger partial charge in [-0.2, -0.15) is 0 Å². The van der Waals surface area contributed by atoms with Gasteiger partial charge >= 0.3 is 0 Å². The van der Waals surface area contributed by atoms with Crippen LogP contribution in [-0.4, -0.2) is 48.7 Å². The van der Waals surface area contributed by atoms with E-state index >= 15 is 0 Å². The first-order chi connectivity index (χ1) is 14.0. The third kappa shape index (κ3) is 2.97. The number of aryl methyl sites for hydroxylation is 1. The molecule has 1 fully saturated rings. The molecule has 29 heavy (non-hydrogen) atoms. The third-order valence-electron chi connectivity index (χ3n) is 5.94. The number of rotatable bonds is 4. The van der Waals surface area contributed by atoms with Gasteiger partial charge in [0.15, 0.2) is 9.84 Å². The van der Waals surface area contributed by atoms with E-state index in [2.05, 4.69) is 14.9 Å². The van der Waals surface area contributed by atoms with E-state index in [1.54, 1.807) is 30.7 Å². The number of benzene rings is 1. The van der Waals surface area contributed by atoms with Crippen molar-refractivity contribution in [3.05, 3.63) is 58.2 Å². The number of hydrogen-bond donors (Lipinski definition) is 0. The molecule has 0 bridgehead atoms. The fourth-order valence-corrected chi connectivity index (χ4v) is 7.49. The minimum Gasteiger partial charge on any atom is -0.481 e. The maximum atomic E-state index is 13.2. The van der Waals surface area contributed by atoms with Crippen LogP contribution < -0.4 is 4.74 Å². The van der Waals surface area contributed by atoms with Crippen molar-refractivity contribution in [1.82, 2.24) is 14.9 Å². The highest BCUT2D eigenvalue weighted by Gasteiger charge is 2.50. The molecule has 3 aromatic rings. The van der Waals surface area contributed by atoms with E-state index in [9.17, 15) is 8.42 Å². The number of aromatic nitrogens is 2. The lowest BCUT2D eigenvalue weighted by Gasteiger charge is -2.17. The van der Waals surface area contributed by atoms with Crippen molar-refractivity contribution in [3.63, 3.8) is 0 Å². The molecule has 0 saturated carbocycles. The summed E-state index contributed by atoms with van der Waals surface area (Å²) < 4.78 is 31.7. The summed E-state index contributed by atoms with van der Waals surface area (Å²) in [4.78, 5) is 12.5. The summed E-state index contributed by atoms with van der Waals surface area (Å²) in [6.07, 6.45) is 1.69. The predicted octanol–water partition coefficient (Wildman–Crippen LogP) is 3.28. The Balaban J connectivity index is 1.51. The van der Waals surface area contributed by atoms with Gasteiger partial charge in [-0.25, -0.2) is 18.4 Å². The Morgan fingerprint density at radius 3 is 2.86 bits per heavy atom. The Labute approximate surface area is 174 Å². The van der Waals surface area contributed by atoms with Crippen LogP contribution in [0.25, 0.3) is 11.1 Å². The molecule has 0 unspecified atom stereocenters. The van der Waals surface area contributed by atoms with Crippen LogP contribution in [0.5, 0.6) is 5.88 Å². The number of likely N-dealkylation sites (tertiary alicyclic amines) is 1. The van der Waals surface area contributed by atoms with Gasteiger partial charge in [-0.05, 0) is 42.3 Å². The van der Waals surface area contributed by atoms with Gasteiger partial charge in [0, 0.05) is 42.2 Å². The molecule has 5 rings (SSSR count). The molecule has 2 aliphatic heterocycles. The van der Waals surface area contributed by atoms with Gasteiger partial charge in [0.25, 0.3) is 0 Å². The number of hydrogen-bond acceptors (Lipinski definition) is 7. The molecule has 2 atom stereocenters. The summed E-state index contributed by atoms with van der Waals surface area (Å²) in [5.41, 5.74) is 5.60. The minimum absolute atomic E-state index is 0.00848. The summed E-state index contributed by atoms with van der Waals surface area (Å²) in [6, 6.07) is 9.43. The highest BCUT2D eigenvalue weighted by Crippen LogP contribution is 2.46. The van der Waals surface area contributed by atoms with Gasteiger partial charge in [-0.1, -0.05) is 6.07 Å². The lowest BCUT2D eigenvalue weighted by Crippen LogP contribution is -2.25. The van der Waals surface area contributed by atoms with Crippen LogP contribution in [-0.2, 0) is 16.4 Å². The number of nitrogens with zero attached hydrogens (tertiary/aromatic N) is 3. The minimum atomic E-state index is -3.32. The number of thiazole rings is 1. The average molecular weight is 428 g/mol. The van der Waals surface area contributed by atoms with Crippen molar-refractivity contribution in [2.75, 3.05) is 20.2 Å². The Kier molecular flexibility index (Phi) is 4.45. The van der Waals surface area contributed by atoms with E-state index in [1.807, 2.05) is 36.7 Å². The Morgan fingerprint density at radius 1 is 1.24 bits per heavy atom. The molecule has 0 radical (unpaired) electrons. The van der Waals surface area contributed by atoms with E-state index in [-0.39, 0.29) is 11.2 Å². The van der Waals surface area contributed by atoms with Gasteiger partial charge in [-0.3, -0.25) is 4.90 Å². The zero-order valence-electron chi connectivity index (χ0n) is 16.2. The predicted molar refractivity (Wildman–Crippen MR) is 112 cm³/mol. The van der Waals surface area contributed by atoms with Crippen molar-refractivity contribution in [2.24, 2.45) is 0 Å². The van der Waals surface area contributed by atoms with E-state index < -0.39 is 9.84 Å². The van der Waals surface area contributed by atoms with Gasteiger partial charge in [0.05, 0.1) is 28.5 Å². The van der Waals surface area contributed by atoms with Crippen LogP contribution in [0.3, 0.4) is 0 Å². The standard InChI is InChI=1S/C21H21N3O3S2/c1-13-18(28-12-23-13)10-24-9-17-16-8-14(15-4-3-7-22-21(15)27-2)5-6-19(16)29(25,26)20(17)11-24/h3-8,12,17,20H,9-11H2,1-2H3/t17-,20+/m1/s1. The number of methoxy groups -OCH3 is 1. The quantitative estimate of drug-likeness (QED) is 0.636. The van der Waals surface area contributed by atoms with Crippen molar-refractivity contribution < 1.29 is 13.2 Å².